The van der Waals surface area contributed by atoms with Crippen molar-refractivity contribution in [3.05, 3.63) is 124 Å². The van der Waals surface area contributed by atoms with Crippen LogP contribution >= 0.6 is 0 Å². The van der Waals surface area contributed by atoms with Crippen molar-refractivity contribution in [2.75, 3.05) is 7.11 Å². The van der Waals surface area contributed by atoms with E-state index in [9.17, 15) is 13.6 Å². The molecule has 1 heterocycles. The van der Waals surface area contributed by atoms with E-state index in [1.165, 1.54) is 31.4 Å². The SMILES string of the molecule is COC(=O)c1cc(/C=C(/Cc2cncn2C)c2ccc(F)cc2)ccc1CCc1ccc(F)cc1. The fourth-order valence-corrected chi connectivity index (χ4v) is 3.98. The smallest absolute Gasteiger partial charge is 0.338 e. The van der Waals surface area contributed by atoms with E-state index >= 15 is 0 Å². The molecular formula is C29H26F2N2O2. The molecule has 6 heteroatoms. The summed E-state index contributed by atoms with van der Waals surface area (Å²) in [5.74, 6) is -0.986. The van der Waals surface area contributed by atoms with Crippen LogP contribution in [0.25, 0.3) is 11.6 Å². The number of imidazole rings is 1. The number of methoxy groups -OCH3 is 1. The van der Waals surface area contributed by atoms with Crippen molar-refractivity contribution < 1.29 is 18.3 Å². The van der Waals surface area contributed by atoms with Crippen LogP contribution in [0.5, 0.6) is 0 Å². The molecule has 0 amide bonds. The van der Waals surface area contributed by atoms with E-state index in [2.05, 4.69) is 4.98 Å². The fourth-order valence-electron chi connectivity index (χ4n) is 3.98. The van der Waals surface area contributed by atoms with Crippen LogP contribution in [0.15, 0.2) is 79.3 Å². The predicted octanol–water partition coefficient (Wildman–Crippen LogP) is 6.05. The Bertz CT molecular complexity index is 1340. The van der Waals surface area contributed by atoms with Gasteiger partial charge in [0.15, 0.2) is 0 Å². The molecule has 4 rings (SSSR count). The summed E-state index contributed by atoms with van der Waals surface area (Å²) in [7, 11) is 3.29. The number of hydrogen-bond donors (Lipinski definition) is 0. The van der Waals surface area contributed by atoms with Gasteiger partial charge in [0.2, 0.25) is 0 Å². The van der Waals surface area contributed by atoms with E-state index in [1.54, 1.807) is 36.8 Å². The molecule has 3 aromatic carbocycles. The maximum Gasteiger partial charge on any atom is 0.338 e. The van der Waals surface area contributed by atoms with Crippen molar-refractivity contribution in [2.24, 2.45) is 7.05 Å². The molecule has 4 aromatic rings. The number of carbonyl (C=O) groups is 1. The van der Waals surface area contributed by atoms with E-state index in [1.807, 2.05) is 35.9 Å². The Morgan fingerprint density at radius 3 is 2.29 bits per heavy atom. The molecule has 0 aliphatic carbocycles. The molecule has 0 aliphatic rings. The lowest BCUT2D eigenvalue weighted by Gasteiger charge is -2.12. The molecule has 0 unspecified atom stereocenters. The zero-order valence-corrected chi connectivity index (χ0v) is 19.7. The number of allylic oxidation sites excluding steroid dienone is 1. The van der Waals surface area contributed by atoms with Crippen molar-refractivity contribution >= 4 is 17.6 Å². The van der Waals surface area contributed by atoms with Gasteiger partial charge in [-0.15, -0.1) is 0 Å². The van der Waals surface area contributed by atoms with Crippen LogP contribution in [0.2, 0.25) is 0 Å². The average molecular weight is 473 g/mol. The summed E-state index contributed by atoms with van der Waals surface area (Å²) < 4.78 is 33.7. The Labute approximate surface area is 203 Å². The first-order valence-electron chi connectivity index (χ1n) is 11.3. The van der Waals surface area contributed by atoms with Gasteiger partial charge in [0.05, 0.1) is 19.0 Å². The molecule has 0 fully saturated rings. The summed E-state index contributed by atoms with van der Waals surface area (Å²) in [6.45, 7) is 0. The van der Waals surface area contributed by atoms with Crippen LogP contribution in [-0.4, -0.2) is 22.6 Å². The van der Waals surface area contributed by atoms with Crippen LogP contribution in [0.3, 0.4) is 0 Å². The number of esters is 1. The average Bonchev–Trinajstić information content (AvgIpc) is 3.27. The molecule has 0 aliphatic heterocycles. The van der Waals surface area contributed by atoms with E-state index in [4.69, 9.17) is 4.74 Å². The molecule has 0 saturated heterocycles. The third kappa shape index (κ3) is 6.09. The minimum atomic E-state index is -0.413. The van der Waals surface area contributed by atoms with Gasteiger partial charge in [0.1, 0.15) is 11.6 Å². The predicted molar refractivity (Wildman–Crippen MR) is 133 cm³/mol. The zero-order valence-electron chi connectivity index (χ0n) is 19.7. The van der Waals surface area contributed by atoms with E-state index in [-0.39, 0.29) is 11.6 Å². The highest BCUT2D eigenvalue weighted by Gasteiger charge is 2.14. The Morgan fingerprint density at radius 2 is 1.66 bits per heavy atom. The summed E-state index contributed by atoms with van der Waals surface area (Å²) in [6, 6.07) is 18.4. The Balaban J connectivity index is 1.67. The van der Waals surface area contributed by atoms with Crippen LogP contribution in [0, 0.1) is 11.6 Å². The van der Waals surface area contributed by atoms with E-state index in [0.717, 1.165) is 33.5 Å². The number of nitrogens with zero attached hydrogens (tertiary/aromatic N) is 2. The fraction of sp³-hybridized carbons (Fsp3) is 0.172. The van der Waals surface area contributed by atoms with Gasteiger partial charge in [-0.1, -0.05) is 42.5 Å². The maximum absolute atomic E-state index is 13.6. The lowest BCUT2D eigenvalue weighted by Crippen LogP contribution is -2.07. The molecule has 0 atom stereocenters. The van der Waals surface area contributed by atoms with Gasteiger partial charge in [-0.2, -0.15) is 0 Å². The van der Waals surface area contributed by atoms with Gasteiger partial charge in [0.25, 0.3) is 0 Å². The highest BCUT2D eigenvalue weighted by Crippen LogP contribution is 2.25. The third-order valence-corrected chi connectivity index (χ3v) is 5.98. The van der Waals surface area contributed by atoms with Crippen molar-refractivity contribution in [2.45, 2.75) is 19.3 Å². The summed E-state index contributed by atoms with van der Waals surface area (Å²) in [4.78, 5) is 16.8. The first-order chi connectivity index (χ1) is 16.9. The molecule has 0 radical (unpaired) electrons. The molecule has 4 nitrogen and oxygen atoms in total. The lowest BCUT2D eigenvalue weighted by atomic mass is 9.94. The number of benzene rings is 3. The number of hydrogen-bond acceptors (Lipinski definition) is 3. The van der Waals surface area contributed by atoms with Crippen LogP contribution in [0.1, 0.15) is 38.3 Å². The highest BCUT2D eigenvalue weighted by molar-refractivity contribution is 5.93. The minimum absolute atomic E-state index is 0.275. The van der Waals surface area contributed by atoms with Gasteiger partial charge >= 0.3 is 5.97 Å². The topological polar surface area (TPSA) is 44.1 Å². The number of carbonyl (C=O) groups excluding carboxylic acids is 1. The van der Waals surface area contributed by atoms with E-state index in [0.29, 0.717) is 24.8 Å². The third-order valence-electron chi connectivity index (χ3n) is 5.98. The first-order valence-corrected chi connectivity index (χ1v) is 11.3. The summed E-state index contributed by atoms with van der Waals surface area (Å²) in [5.41, 5.74) is 6.01. The highest BCUT2D eigenvalue weighted by atomic mass is 19.1. The largest absolute Gasteiger partial charge is 0.465 e. The number of rotatable bonds is 8. The standard InChI is InChI=1S/C29H26F2N2O2/c1-33-19-32-18-27(33)17-24(22-9-13-26(31)14-10-22)15-21-4-8-23(28(16-21)29(34)35-2)7-3-20-5-11-25(30)12-6-20/h4-6,8-16,18-19H,3,7,17H2,1-2H3/b24-15-. The second-order valence-corrected chi connectivity index (χ2v) is 8.38. The second kappa shape index (κ2) is 10.9. The number of aryl methyl sites for hydroxylation is 3. The first kappa shape index (κ1) is 24.1. The molecule has 35 heavy (non-hydrogen) atoms. The Hall–Kier alpha value is -4.06. The quantitative estimate of drug-likeness (QED) is 0.232. The molecule has 178 valence electrons. The summed E-state index contributed by atoms with van der Waals surface area (Å²) in [6.07, 6.45) is 7.40. The van der Waals surface area contributed by atoms with Gasteiger partial charge < -0.3 is 9.30 Å². The van der Waals surface area contributed by atoms with Gasteiger partial charge in [-0.05, 0) is 71.0 Å². The summed E-state index contributed by atoms with van der Waals surface area (Å²) >= 11 is 0. The van der Waals surface area contributed by atoms with E-state index < -0.39 is 5.97 Å². The molecular weight excluding hydrogens is 446 g/mol. The van der Waals surface area contributed by atoms with Crippen molar-refractivity contribution in [3.63, 3.8) is 0 Å². The van der Waals surface area contributed by atoms with Gasteiger partial charge in [0, 0.05) is 25.4 Å². The normalized spacial score (nSPS) is 11.5. The zero-order chi connectivity index (χ0) is 24.8. The summed E-state index contributed by atoms with van der Waals surface area (Å²) in [5, 5.41) is 0. The number of halogens is 2. The monoisotopic (exact) mass is 472 g/mol. The van der Waals surface area contributed by atoms with Crippen molar-refractivity contribution in [1.29, 1.82) is 0 Å². The van der Waals surface area contributed by atoms with Crippen LogP contribution in [0.4, 0.5) is 8.78 Å². The number of aromatic nitrogens is 2. The second-order valence-electron chi connectivity index (χ2n) is 8.38. The molecule has 1 aromatic heterocycles. The Kier molecular flexibility index (Phi) is 7.51. The molecule has 0 spiro atoms. The lowest BCUT2D eigenvalue weighted by molar-refractivity contribution is 0.0599. The minimum Gasteiger partial charge on any atom is -0.465 e. The number of ether oxygens (including phenoxy) is 1. The molecule has 0 bridgehead atoms. The van der Waals surface area contributed by atoms with Crippen LogP contribution in [-0.2, 0) is 31.0 Å². The van der Waals surface area contributed by atoms with Gasteiger partial charge in [-0.3, -0.25) is 0 Å². The van der Waals surface area contributed by atoms with Gasteiger partial charge in [-0.25, -0.2) is 18.6 Å². The van der Waals surface area contributed by atoms with Crippen LogP contribution < -0.4 is 0 Å². The van der Waals surface area contributed by atoms with Crippen molar-refractivity contribution in [3.8, 4) is 0 Å². The maximum atomic E-state index is 13.6. The molecule has 0 N–H and O–H groups in total. The Morgan fingerprint density at radius 1 is 0.971 bits per heavy atom. The van der Waals surface area contributed by atoms with Crippen molar-refractivity contribution in [1.82, 2.24) is 9.55 Å². The molecule has 0 saturated carbocycles.